The van der Waals surface area contributed by atoms with Crippen LogP contribution in [0.2, 0.25) is 0 Å². The molecule has 0 aliphatic heterocycles. The molecule has 0 fully saturated rings. The topological polar surface area (TPSA) is 63.7 Å². The van der Waals surface area contributed by atoms with E-state index in [0.29, 0.717) is 11.5 Å². The zero-order valence-electron chi connectivity index (χ0n) is 8.79. The van der Waals surface area contributed by atoms with Gasteiger partial charge in [-0.25, -0.2) is 4.98 Å². The summed E-state index contributed by atoms with van der Waals surface area (Å²) in [6, 6.07) is 5.40. The van der Waals surface area contributed by atoms with Crippen LogP contribution in [0.25, 0.3) is 0 Å². The number of ether oxygens (including phenoxy) is 1. The zero-order chi connectivity index (χ0) is 11.4. The fourth-order valence-corrected chi connectivity index (χ4v) is 1.25. The summed E-state index contributed by atoms with van der Waals surface area (Å²) in [7, 11) is 0. The molecule has 0 N–H and O–H groups in total. The number of pyridine rings is 1. The lowest BCUT2D eigenvalue weighted by Crippen LogP contribution is -1.92. The summed E-state index contributed by atoms with van der Waals surface area (Å²) in [5.41, 5.74) is 0.270. The average molecular weight is 214 g/mol. The van der Waals surface area contributed by atoms with Gasteiger partial charge in [-0.2, -0.15) is 10.4 Å². The van der Waals surface area contributed by atoms with Crippen LogP contribution >= 0.6 is 0 Å². The highest BCUT2D eigenvalue weighted by Crippen LogP contribution is 2.22. The van der Waals surface area contributed by atoms with Crippen molar-refractivity contribution in [1.82, 2.24) is 14.8 Å². The molecule has 2 aromatic rings. The third-order valence-corrected chi connectivity index (χ3v) is 2.04. The molecule has 5 nitrogen and oxygen atoms in total. The molecule has 2 aromatic heterocycles. The number of nitrogens with zero attached hydrogens (tertiary/aromatic N) is 4. The lowest BCUT2D eigenvalue weighted by Gasteiger charge is -2.02. The highest BCUT2D eigenvalue weighted by molar-refractivity contribution is 5.39. The number of aryl methyl sites for hydroxylation is 1. The van der Waals surface area contributed by atoms with Gasteiger partial charge in [0.15, 0.2) is 17.2 Å². The number of aromatic nitrogens is 3. The van der Waals surface area contributed by atoms with Gasteiger partial charge in [0.05, 0.1) is 12.4 Å². The first-order valence-corrected chi connectivity index (χ1v) is 4.89. The third kappa shape index (κ3) is 2.01. The van der Waals surface area contributed by atoms with Crippen LogP contribution in [0.3, 0.4) is 0 Å². The Balaban J connectivity index is 2.24. The van der Waals surface area contributed by atoms with Gasteiger partial charge >= 0.3 is 0 Å². The van der Waals surface area contributed by atoms with E-state index in [4.69, 9.17) is 10.00 Å². The molecule has 0 amide bonds. The lowest BCUT2D eigenvalue weighted by molar-refractivity contribution is 0.477. The summed E-state index contributed by atoms with van der Waals surface area (Å²) < 4.78 is 7.26. The van der Waals surface area contributed by atoms with Crippen LogP contribution in [0.4, 0.5) is 0 Å². The van der Waals surface area contributed by atoms with Crippen LogP contribution in [0, 0.1) is 11.3 Å². The van der Waals surface area contributed by atoms with Crippen LogP contribution < -0.4 is 4.74 Å². The Kier molecular flexibility index (Phi) is 2.83. The Morgan fingerprint density at radius 3 is 3.12 bits per heavy atom. The van der Waals surface area contributed by atoms with Crippen LogP contribution in [-0.2, 0) is 6.54 Å². The van der Waals surface area contributed by atoms with Crippen molar-refractivity contribution in [3.63, 3.8) is 0 Å². The molecule has 5 heteroatoms. The molecule has 2 heterocycles. The van der Waals surface area contributed by atoms with Crippen molar-refractivity contribution >= 4 is 0 Å². The Bertz CT molecular complexity index is 527. The smallest absolute Gasteiger partial charge is 0.183 e. The van der Waals surface area contributed by atoms with Gasteiger partial charge in [0.25, 0.3) is 0 Å². The molecule has 0 unspecified atom stereocenters. The van der Waals surface area contributed by atoms with Gasteiger partial charge in [-0.15, -0.1) is 0 Å². The Labute approximate surface area is 92.9 Å². The second kappa shape index (κ2) is 4.45. The largest absolute Gasteiger partial charge is 0.451 e. The van der Waals surface area contributed by atoms with Gasteiger partial charge in [0, 0.05) is 12.7 Å². The second-order valence-electron chi connectivity index (χ2n) is 3.10. The van der Waals surface area contributed by atoms with Crippen LogP contribution in [-0.4, -0.2) is 14.8 Å². The first kappa shape index (κ1) is 10.2. The van der Waals surface area contributed by atoms with Crippen LogP contribution in [0.1, 0.15) is 12.6 Å². The minimum absolute atomic E-state index is 0.270. The fourth-order valence-electron chi connectivity index (χ4n) is 1.25. The van der Waals surface area contributed by atoms with Crippen molar-refractivity contribution in [2.24, 2.45) is 0 Å². The first-order chi connectivity index (χ1) is 7.83. The normalized spacial score (nSPS) is 9.75. The molecule has 0 saturated carbocycles. The summed E-state index contributed by atoms with van der Waals surface area (Å²) in [5.74, 6) is 1.05. The van der Waals surface area contributed by atoms with Crippen molar-refractivity contribution in [1.29, 1.82) is 5.26 Å². The second-order valence-corrected chi connectivity index (χ2v) is 3.10. The predicted molar refractivity (Wildman–Crippen MR) is 56.9 cm³/mol. The first-order valence-electron chi connectivity index (χ1n) is 4.89. The molecule has 16 heavy (non-hydrogen) atoms. The third-order valence-electron chi connectivity index (χ3n) is 2.04. The maximum absolute atomic E-state index is 8.83. The molecule has 2 rings (SSSR count). The minimum atomic E-state index is 0.270. The molecular formula is C11H10N4O. The summed E-state index contributed by atoms with van der Waals surface area (Å²) in [6.07, 6.45) is 4.94. The molecular weight excluding hydrogens is 204 g/mol. The van der Waals surface area contributed by atoms with E-state index in [1.165, 1.54) is 0 Å². The van der Waals surface area contributed by atoms with Crippen molar-refractivity contribution in [2.75, 3.05) is 0 Å². The summed E-state index contributed by atoms with van der Waals surface area (Å²) in [5, 5.41) is 12.9. The van der Waals surface area contributed by atoms with Gasteiger partial charge in [-0.3, -0.25) is 4.68 Å². The molecule has 0 saturated heterocycles. The highest BCUT2D eigenvalue weighted by Gasteiger charge is 2.06. The molecule has 0 aromatic carbocycles. The van der Waals surface area contributed by atoms with Crippen LogP contribution in [0.15, 0.2) is 30.7 Å². The van der Waals surface area contributed by atoms with Crippen molar-refractivity contribution in [2.45, 2.75) is 13.5 Å². The maximum atomic E-state index is 8.83. The van der Waals surface area contributed by atoms with E-state index < -0.39 is 0 Å². The number of hydrogen-bond acceptors (Lipinski definition) is 4. The summed E-state index contributed by atoms with van der Waals surface area (Å²) in [4.78, 5) is 3.91. The summed E-state index contributed by atoms with van der Waals surface area (Å²) >= 11 is 0. The van der Waals surface area contributed by atoms with E-state index in [2.05, 4.69) is 10.1 Å². The van der Waals surface area contributed by atoms with E-state index in [-0.39, 0.29) is 5.69 Å². The van der Waals surface area contributed by atoms with Crippen molar-refractivity contribution < 1.29 is 4.74 Å². The molecule has 0 aliphatic carbocycles. The molecule has 0 atom stereocenters. The highest BCUT2D eigenvalue weighted by atomic mass is 16.5. The zero-order valence-corrected chi connectivity index (χ0v) is 8.79. The van der Waals surface area contributed by atoms with Gasteiger partial charge in [0.1, 0.15) is 6.07 Å². The van der Waals surface area contributed by atoms with E-state index in [1.807, 2.05) is 13.0 Å². The van der Waals surface area contributed by atoms with Gasteiger partial charge in [0.2, 0.25) is 0 Å². The Morgan fingerprint density at radius 2 is 2.44 bits per heavy atom. The summed E-state index contributed by atoms with van der Waals surface area (Å²) in [6.45, 7) is 2.77. The standard InChI is InChI=1S/C11H10N4O/c1-2-15-8-9(7-14-15)16-11-4-3-5-13-10(11)6-12/h3-5,7-8H,2H2,1H3. The monoisotopic (exact) mass is 214 g/mol. The average Bonchev–Trinajstić information content (AvgIpc) is 2.77. The number of nitriles is 1. The lowest BCUT2D eigenvalue weighted by atomic mass is 10.3. The predicted octanol–water partition coefficient (Wildman–Crippen LogP) is 1.96. The van der Waals surface area contributed by atoms with E-state index in [9.17, 15) is 0 Å². The SMILES string of the molecule is CCn1cc(Oc2cccnc2C#N)cn1. The number of rotatable bonds is 3. The van der Waals surface area contributed by atoms with Crippen molar-refractivity contribution in [3.8, 4) is 17.6 Å². The molecule has 0 aliphatic rings. The molecule has 0 spiro atoms. The van der Waals surface area contributed by atoms with Crippen molar-refractivity contribution in [3.05, 3.63) is 36.4 Å². The van der Waals surface area contributed by atoms with Gasteiger partial charge in [-0.1, -0.05) is 0 Å². The van der Waals surface area contributed by atoms with E-state index in [1.54, 1.807) is 35.4 Å². The van der Waals surface area contributed by atoms with Gasteiger partial charge < -0.3 is 4.74 Å². The van der Waals surface area contributed by atoms with Gasteiger partial charge in [-0.05, 0) is 19.1 Å². The quantitative estimate of drug-likeness (QED) is 0.783. The molecule has 0 radical (unpaired) electrons. The molecule has 80 valence electrons. The fraction of sp³-hybridized carbons (Fsp3) is 0.182. The minimum Gasteiger partial charge on any atom is -0.451 e. The number of hydrogen-bond donors (Lipinski definition) is 0. The van der Waals surface area contributed by atoms with E-state index >= 15 is 0 Å². The van der Waals surface area contributed by atoms with E-state index in [0.717, 1.165) is 6.54 Å². The Morgan fingerprint density at radius 1 is 1.56 bits per heavy atom. The Hall–Kier alpha value is -2.35. The van der Waals surface area contributed by atoms with Crippen LogP contribution in [0.5, 0.6) is 11.5 Å². The maximum Gasteiger partial charge on any atom is 0.183 e. The molecule has 0 bridgehead atoms.